The molecule has 34 heavy (non-hydrogen) atoms. The number of nitrogens with two attached hydrogens (primary N) is 1. The van der Waals surface area contributed by atoms with Crippen LogP contribution in [0.2, 0.25) is 0 Å². The summed E-state index contributed by atoms with van der Waals surface area (Å²) in [7, 11) is 4.34. The summed E-state index contributed by atoms with van der Waals surface area (Å²) >= 11 is 1.11. The number of ether oxygens (including phenoxy) is 3. The number of benzene rings is 2. The average Bonchev–Trinajstić information content (AvgIpc) is 3.19. The second-order valence-electron chi connectivity index (χ2n) is 7.36. The molecule has 0 amide bonds. The summed E-state index contributed by atoms with van der Waals surface area (Å²) < 4.78 is 17.5. The van der Waals surface area contributed by atoms with Gasteiger partial charge in [0, 0.05) is 0 Å². The van der Waals surface area contributed by atoms with Gasteiger partial charge >= 0.3 is 5.97 Å². The van der Waals surface area contributed by atoms with Crippen molar-refractivity contribution >= 4 is 34.8 Å². The summed E-state index contributed by atoms with van der Waals surface area (Å²) in [4.78, 5) is 26.3. The van der Waals surface area contributed by atoms with Crippen molar-refractivity contribution in [1.29, 1.82) is 5.26 Å². The molecule has 0 spiro atoms. The molecule has 4 rings (SSSR count). The number of nitriles is 1. The quantitative estimate of drug-likeness (QED) is 0.556. The third-order valence-electron chi connectivity index (χ3n) is 5.49. The van der Waals surface area contributed by atoms with Crippen LogP contribution >= 0.6 is 11.3 Å². The van der Waals surface area contributed by atoms with Gasteiger partial charge in [0.05, 0.1) is 49.0 Å². The van der Waals surface area contributed by atoms with E-state index in [2.05, 4.69) is 6.07 Å². The molecule has 1 atom stereocenters. The Balaban J connectivity index is 2.08. The molecule has 0 saturated heterocycles. The van der Waals surface area contributed by atoms with E-state index in [0.717, 1.165) is 16.9 Å². The molecule has 1 aliphatic heterocycles. The van der Waals surface area contributed by atoms with Crippen LogP contribution in [0.15, 0.2) is 58.9 Å². The van der Waals surface area contributed by atoms with E-state index in [0.29, 0.717) is 26.3 Å². The van der Waals surface area contributed by atoms with E-state index in [1.165, 1.54) is 18.8 Å². The highest BCUT2D eigenvalue weighted by molar-refractivity contribution is 7.07. The van der Waals surface area contributed by atoms with E-state index in [1.54, 1.807) is 49.6 Å². The molecule has 8 nitrogen and oxygen atoms in total. The first-order chi connectivity index (χ1) is 16.4. The van der Waals surface area contributed by atoms with Crippen LogP contribution in [-0.4, -0.2) is 31.9 Å². The Bertz CT molecular complexity index is 1540. The number of aromatic nitrogens is 1. The molecular weight excluding hydrogens is 454 g/mol. The number of methoxy groups -OCH3 is 3. The Morgan fingerprint density at radius 1 is 1.12 bits per heavy atom. The first-order valence-corrected chi connectivity index (χ1v) is 11.0. The van der Waals surface area contributed by atoms with Crippen LogP contribution in [-0.2, 0) is 9.53 Å². The molecule has 2 N–H and O–H groups in total. The predicted molar refractivity (Wildman–Crippen MR) is 129 cm³/mol. The van der Waals surface area contributed by atoms with E-state index in [4.69, 9.17) is 19.9 Å². The van der Waals surface area contributed by atoms with Gasteiger partial charge in [-0.3, -0.25) is 9.36 Å². The van der Waals surface area contributed by atoms with Crippen molar-refractivity contribution in [3.8, 4) is 17.6 Å². The summed E-state index contributed by atoms with van der Waals surface area (Å²) in [6.07, 6.45) is 1.69. The zero-order chi connectivity index (χ0) is 24.4. The molecule has 3 aromatic rings. The van der Waals surface area contributed by atoms with Gasteiger partial charge in [0.25, 0.3) is 5.56 Å². The molecule has 1 aromatic heterocycles. The van der Waals surface area contributed by atoms with Crippen LogP contribution < -0.4 is 30.0 Å². The van der Waals surface area contributed by atoms with E-state index in [9.17, 15) is 14.9 Å². The fourth-order valence-electron chi connectivity index (χ4n) is 3.89. The number of rotatable bonds is 5. The molecular formula is C25H21N3O5S. The van der Waals surface area contributed by atoms with Gasteiger partial charge in [0.2, 0.25) is 0 Å². The van der Waals surface area contributed by atoms with Crippen LogP contribution in [0.1, 0.15) is 17.0 Å². The normalized spacial score (nSPS) is 15.5. The summed E-state index contributed by atoms with van der Waals surface area (Å²) in [5.74, 6) is -0.309. The van der Waals surface area contributed by atoms with Crippen LogP contribution in [0.25, 0.3) is 17.5 Å². The molecule has 0 fully saturated rings. The molecule has 0 bridgehead atoms. The van der Waals surface area contributed by atoms with Crippen molar-refractivity contribution in [2.24, 2.45) is 5.73 Å². The number of hydrogen-bond donors (Lipinski definition) is 1. The molecule has 2 heterocycles. The molecule has 2 aromatic carbocycles. The predicted octanol–water partition coefficient (Wildman–Crippen LogP) is 1.53. The van der Waals surface area contributed by atoms with Crippen molar-refractivity contribution in [1.82, 2.24) is 4.57 Å². The number of thiazole rings is 1. The molecule has 0 aliphatic carbocycles. The monoisotopic (exact) mass is 475 g/mol. The third-order valence-corrected chi connectivity index (χ3v) is 6.60. The average molecular weight is 476 g/mol. The standard InChI is InChI=1S/C25H21N3O5S/c1-31-16-8-4-6-14(10-16)11-19-23(29)28-22(27)18(13-26)20(15-7-5-9-17(12-15)32-2)21(24(28)34-19)25(30)33-3/h4-12,20H,27H2,1-3H3. The van der Waals surface area contributed by atoms with E-state index in [1.807, 2.05) is 12.1 Å². The highest BCUT2D eigenvalue weighted by Gasteiger charge is 2.36. The minimum absolute atomic E-state index is 0.0236. The second kappa shape index (κ2) is 9.29. The van der Waals surface area contributed by atoms with Gasteiger partial charge in [0.15, 0.2) is 0 Å². The lowest BCUT2D eigenvalue weighted by molar-refractivity contribution is -0.134. The maximum atomic E-state index is 13.3. The Hall–Kier alpha value is -4.29. The van der Waals surface area contributed by atoms with E-state index >= 15 is 0 Å². The van der Waals surface area contributed by atoms with E-state index in [-0.39, 0.29) is 17.0 Å². The molecule has 0 radical (unpaired) electrons. The van der Waals surface area contributed by atoms with Gasteiger partial charge in [-0.25, -0.2) is 4.79 Å². The Kier molecular flexibility index (Phi) is 6.25. The van der Waals surface area contributed by atoms with Crippen molar-refractivity contribution in [2.75, 3.05) is 21.3 Å². The van der Waals surface area contributed by atoms with Crippen LogP contribution in [0.4, 0.5) is 0 Å². The topological polar surface area (TPSA) is 117 Å². The lowest BCUT2D eigenvalue weighted by Crippen LogP contribution is -2.40. The fraction of sp³-hybridized carbons (Fsp3) is 0.160. The zero-order valence-corrected chi connectivity index (χ0v) is 19.5. The summed E-state index contributed by atoms with van der Waals surface area (Å²) in [5.41, 5.74) is 7.51. The minimum Gasteiger partial charge on any atom is -0.497 e. The van der Waals surface area contributed by atoms with Crippen LogP contribution in [0.3, 0.4) is 0 Å². The SMILES string of the molecule is COC(=O)C1=c2sc(=Cc3cccc(OC)c3)c(=O)n2C(N)=C(C#N)C1c1cccc(OC)c1. The summed E-state index contributed by atoms with van der Waals surface area (Å²) in [6, 6.07) is 16.3. The number of carbonyl (C=O) groups excluding carboxylic acids is 1. The number of allylic oxidation sites excluding steroid dienone is 1. The first-order valence-electron chi connectivity index (χ1n) is 10.2. The zero-order valence-electron chi connectivity index (χ0n) is 18.7. The number of carbonyl (C=O) groups is 1. The molecule has 1 aliphatic rings. The van der Waals surface area contributed by atoms with Gasteiger partial charge in [-0.1, -0.05) is 24.3 Å². The Morgan fingerprint density at radius 3 is 2.44 bits per heavy atom. The molecule has 0 saturated carbocycles. The lowest BCUT2D eigenvalue weighted by atomic mass is 9.84. The van der Waals surface area contributed by atoms with Crippen LogP contribution in [0.5, 0.6) is 11.5 Å². The minimum atomic E-state index is -0.824. The molecule has 9 heteroatoms. The van der Waals surface area contributed by atoms with Gasteiger partial charge in [-0.2, -0.15) is 5.26 Å². The van der Waals surface area contributed by atoms with Crippen molar-refractivity contribution < 1.29 is 19.0 Å². The van der Waals surface area contributed by atoms with E-state index < -0.39 is 17.4 Å². The number of nitrogens with zero attached hydrogens (tertiary/aromatic N) is 2. The number of fused-ring (bicyclic) bond motifs is 1. The third kappa shape index (κ3) is 3.84. The first kappa shape index (κ1) is 22.9. The summed E-state index contributed by atoms with van der Waals surface area (Å²) in [5, 5.41) is 9.99. The highest BCUT2D eigenvalue weighted by atomic mass is 32.1. The highest BCUT2D eigenvalue weighted by Crippen LogP contribution is 2.37. The lowest BCUT2D eigenvalue weighted by Gasteiger charge is -2.24. The number of hydrogen-bond acceptors (Lipinski definition) is 8. The Morgan fingerprint density at radius 2 is 1.79 bits per heavy atom. The molecule has 172 valence electrons. The maximum absolute atomic E-state index is 13.3. The fourth-order valence-corrected chi connectivity index (χ4v) is 5.06. The second-order valence-corrected chi connectivity index (χ2v) is 8.39. The molecule has 1 unspecified atom stereocenters. The summed E-state index contributed by atoms with van der Waals surface area (Å²) in [6.45, 7) is 0. The van der Waals surface area contributed by atoms with Crippen molar-refractivity contribution in [3.05, 3.63) is 84.8 Å². The van der Waals surface area contributed by atoms with Gasteiger partial charge in [-0.05, 0) is 41.5 Å². The van der Waals surface area contributed by atoms with Crippen molar-refractivity contribution in [2.45, 2.75) is 5.92 Å². The Labute approximate surface area is 199 Å². The van der Waals surface area contributed by atoms with Gasteiger partial charge < -0.3 is 19.9 Å². The van der Waals surface area contributed by atoms with Gasteiger partial charge in [-0.15, -0.1) is 11.3 Å². The smallest absolute Gasteiger partial charge is 0.337 e. The van der Waals surface area contributed by atoms with Gasteiger partial charge in [0.1, 0.15) is 22.0 Å². The van der Waals surface area contributed by atoms with Crippen molar-refractivity contribution in [3.63, 3.8) is 0 Å². The van der Waals surface area contributed by atoms with Crippen LogP contribution in [0, 0.1) is 11.3 Å². The largest absolute Gasteiger partial charge is 0.497 e. The number of esters is 1. The maximum Gasteiger partial charge on any atom is 0.337 e.